The summed E-state index contributed by atoms with van der Waals surface area (Å²) >= 11 is 11.7. The molecule has 0 bridgehead atoms. The Kier molecular flexibility index (Phi) is 4.64. The average molecular weight is 367 g/mol. The third-order valence-corrected chi connectivity index (χ3v) is 6.00. The van der Waals surface area contributed by atoms with Crippen molar-refractivity contribution in [1.29, 1.82) is 0 Å². The molecule has 2 rings (SSSR count). The molecule has 0 heterocycles. The van der Waals surface area contributed by atoms with Crippen molar-refractivity contribution in [1.82, 2.24) is 4.31 Å². The normalized spacial score (nSPS) is 19.8. The van der Waals surface area contributed by atoms with Crippen molar-refractivity contribution < 1.29 is 17.9 Å². The molecule has 1 N–H and O–H groups in total. The molecule has 1 aliphatic rings. The molecule has 1 aliphatic carbocycles. The van der Waals surface area contributed by atoms with Gasteiger partial charge in [-0.2, -0.15) is 0 Å². The Labute approximate surface area is 139 Å². The Balaban J connectivity index is 2.32. The largest absolute Gasteiger partial charge is 0.495 e. The number of carbonyl (C=O) groups is 1. The SMILES string of the molecule is COc1ccc(S(=O)(=O)N(C)C)cc1NC(=O)[C@@H]1CC1(Cl)Cl. The van der Waals surface area contributed by atoms with E-state index in [1.807, 2.05) is 0 Å². The van der Waals surface area contributed by atoms with Crippen molar-refractivity contribution >= 4 is 44.8 Å². The Morgan fingerprint density at radius 2 is 2.00 bits per heavy atom. The van der Waals surface area contributed by atoms with Crippen molar-refractivity contribution in [3.8, 4) is 5.75 Å². The molecule has 1 amide bonds. The van der Waals surface area contributed by atoms with Crippen molar-refractivity contribution in [3.63, 3.8) is 0 Å². The van der Waals surface area contributed by atoms with Crippen LogP contribution >= 0.6 is 23.2 Å². The number of halogens is 2. The molecular weight excluding hydrogens is 351 g/mol. The van der Waals surface area contributed by atoms with Crippen molar-refractivity contribution in [2.75, 3.05) is 26.5 Å². The van der Waals surface area contributed by atoms with Crippen LogP contribution in [-0.4, -0.2) is 44.2 Å². The summed E-state index contributed by atoms with van der Waals surface area (Å²) in [7, 11) is 0.669. The van der Waals surface area contributed by atoms with Crippen LogP contribution < -0.4 is 10.1 Å². The standard InChI is InChI=1S/C13H16Cl2N2O4S/c1-17(2)22(19,20)8-4-5-11(21-3)10(6-8)16-12(18)9-7-13(9,14)15/h4-6,9H,7H2,1-3H3,(H,16,18)/t9-/m0/s1. The van der Waals surface area contributed by atoms with Gasteiger partial charge in [-0.05, 0) is 24.6 Å². The van der Waals surface area contributed by atoms with E-state index in [4.69, 9.17) is 27.9 Å². The molecule has 22 heavy (non-hydrogen) atoms. The lowest BCUT2D eigenvalue weighted by Crippen LogP contribution is -2.23. The minimum Gasteiger partial charge on any atom is -0.495 e. The summed E-state index contributed by atoms with van der Waals surface area (Å²) in [6.07, 6.45) is 0.361. The summed E-state index contributed by atoms with van der Waals surface area (Å²) in [5.41, 5.74) is 0.256. The average Bonchev–Trinajstić information content (AvgIpc) is 3.07. The first-order chi connectivity index (χ1) is 10.1. The molecule has 1 atom stereocenters. The smallest absolute Gasteiger partial charge is 0.242 e. The molecule has 9 heteroatoms. The predicted octanol–water partition coefficient (Wildman–Crippen LogP) is 2.08. The zero-order valence-corrected chi connectivity index (χ0v) is 14.6. The van der Waals surface area contributed by atoms with Crippen LogP contribution in [-0.2, 0) is 14.8 Å². The molecule has 1 aromatic carbocycles. The van der Waals surface area contributed by atoms with E-state index >= 15 is 0 Å². The number of hydrogen-bond donors (Lipinski definition) is 1. The van der Waals surface area contributed by atoms with Crippen LogP contribution in [0.1, 0.15) is 6.42 Å². The molecule has 1 saturated carbocycles. The van der Waals surface area contributed by atoms with Gasteiger partial charge in [-0.25, -0.2) is 12.7 Å². The number of hydrogen-bond acceptors (Lipinski definition) is 4. The third-order valence-electron chi connectivity index (χ3n) is 3.35. The van der Waals surface area contributed by atoms with Gasteiger partial charge in [0.25, 0.3) is 0 Å². The van der Waals surface area contributed by atoms with Gasteiger partial charge in [-0.15, -0.1) is 23.2 Å². The van der Waals surface area contributed by atoms with E-state index in [-0.39, 0.29) is 16.5 Å². The van der Waals surface area contributed by atoms with Crippen LogP contribution in [0, 0.1) is 5.92 Å². The maximum absolute atomic E-state index is 12.1. The molecule has 1 fully saturated rings. The number of carbonyl (C=O) groups excluding carboxylic acids is 1. The molecule has 1 aromatic rings. The Morgan fingerprint density at radius 1 is 1.41 bits per heavy atom. The van der Waals surface area contributed by atoms with Crippen molar-refractivity contribution in [2.24, 2.45) is 5.92 Å². The van der Waals surface area contributed by atoms with Gasteiger partial charge >= 0.3 is 0 Å². The van der Waals surface area contributed by atoms with Crippen molar-refractivity contribution in [2.45, 2.75) is 15.6 Å². The maximum Gasteiger partial charge on any atom is 0.242 e. The van der Waals surface area contributed by atoms with E-state index in [0.29, 0.717) is 12.2 Å². The number of nitrogens with zero attached hydrogens (tertiary/aromatic N) is 1. The van der Waals surface area contributed by atoms with Gasteiger partial charge in [0.05, 0.1) is 23.6 Å². The first-order valence-electron chi connectivity index (χ1n) is 6.39. The highest BCUT2D eigenvalue weighted by Gasteiger charge is 2.56. The highest BCUT2D eigenvalue weighted by atomic mass is 35.5. The second-order valence-electron chi connectivity index (χ2n) is 5.16. The molecule has 122 valence electrons. The molecule has 0 spiro atoms. The summed E-state index contributed by atoms with van der Waals surface area (Å²) < 4.78 is 29.5. The third kappa shape index (κ3) is 3.32. The number of nitrogens with one attached hydrogen (secondary N) is 1. The molecule has 6 nitrogen and oxygen atoms in total. The van der Waals surface area contributed by atoms with E-state index in [1.165, 1.54) is 39.4 Å². The molecule has 0 saturated heterocycles. The number of alkyl halides is 2. The Morgan fingerprint density at radius 3 is 2.45 bits per heavy atom. The molecule has 0 aliphatic heterocycles. The van der Waals surface area contributed by atoms with Crippen LogP contribution in [0.5, 0.6) is 5.75 Å². The van der Waals surface area contributed by atoms with Gasteiger partial charge in [-0.1, -0.05) is 0 Å². The van der Waals surface area contributed by atoms with Gasteiger partial charge in [0.2, 0.25) is 15.9 Å². The number of methoxy groups -OCH3 is 1. The summed E-state index contributed by atoms with van der Waals surface area (Å²) in [5.74, 6) is -0.543. The van der Waals surface area contributed by atoms with Crippen LogP contribution in [0.2, 0.25) is 0 Å². The lowest BCUT2D eigenvalue weighted by molar-refractivity contribution is -0.117. The number of benzene rings is 1. The first-order valence-corrected chi connectivity index (χ1v) is 8.58. The Bertz CT molecular complexity index is 704. The quantitative estimate of drug-likeness (QED) is 0.809. The number of sulfonamides is 1. The highest BCUT2D eigenvalue weighted by Crippen LogP contribution is 2.53. The summed E-state index contributed by atoms with van der Waals surface area (Å²) in [5, 5.41) is 2.61. The van der Waals surface area contributed by atoms with Crippen molar-refractivity contribution in [3.05, 3.63) is 18.2 Å². The topological polar surface area (TPSA) is 75.7 Å². The van der Waals surface area contributed by atoms with Crippen LogP contribution in [0.3, 0.4) is 0 Å². The van der Waals surface area contributed by atoms with Crippen LogP contribution in [0.15, 0.2) is 23.1 Å². The number of rotatable bonds is 5. The maximum atomic E-state index is 12.1. The van der Waals surface area contributed by atoms with E-state index in [9.17, 15) is 13.2 Å². The van der Waals surface area contributed by atoms with Gasteiger partial charge in [-0.3, -0.25) is 4.79 Å². The summed E-state index contributed by atoms with van der Waals surface area (Å²) in [6.45, 7) is 0. The second-order valence-corrected chi connectivity index (χ2v) is 8.85. The minimum absolute atomic E-state index is 0.0485. The van der Waals surface area contributed by atoms with E-state index in [2.05, 4.69) is 5.32 Å². The van der Waals surface area contributed by atoms with Crippen LogP contribution in [0.25, 0.3) is 0 Å². The minimum atomic E-state index is -3.61. The molecule has 0 aromatic heterocycles. The van der Waals surface area contributed by atoms with E-state index in [1.54, 1.807) is 0 Å². The van der Waals surface area contributed by atoms with E-state index < -0.39 is 20.3 Å². The number of amides is 1. The fourth-order valence-corrected chi connectivity index (χ4v) is 3.31. The molecule has 0 radical (unpaired) electrons. The molecule has 0 unspecified atom stereocenters. The lowest BCUT2D eigenvalue weighted by Gasteiger charge is -2.15. The summed E-state index contributed by atoms with van der Waals surface area (Å²) in [4.78, 5) is 12.1. The van der Waals surface area contributed by atoms with Gasteiger partial charge in [0.15, 0.2) is 0 Å². The zero-order valence-electron chi connectivity index (χ0n) is 12.3. The number of anilines is 1. The Hall–Kier alpha value is -1.02. The van der Waals surface area contributed by atoms with Gasteiger partial charge in [0.1, 0.15) is 10.1 Å². The number of ether oxygens (including phenoxy) is 1. The molecular formula is C13H16Cl2N2O4S. The fraction of sp³-hybridized carbons (Fsp3) is 0.462. The highest BCUT2D eigenvalue weighted by molar-refractivity contribution is 7.89. The second kappa shape index (κ2) is 5.88. The summed E-state index contributed by atoms with van der Waals surface area (Å²) in [6, 6.07) is 4.24. The zero-order chi connectivity index (χ0) is 16.7. The predicted molar refractivity (Wildman–Crippen MR) is 85.0 cm³/mol. The lowest BCUT2D eigenvalue weighted by atomic mass is 10.2. The van der Waals surface area contributed by atoms with Gasteiger partial charge < -0.3 is 10.1 Å². The monoisotopic (exact) mass is 366 g/mol. The van der Waals surface area contributed by atoms with E-state index in [0.717, 1.165) is 4.31 Å². The fourth-order valence-electron chi connectivity index (χ4n) is 1.87. The first kappa shape index (κ1) is 17.3. The van der Waals surface area contributed by atoms with Gasteiger partial charge in [0, 0.05) is 14.1 Å². The van der Waals surface area contributed by atoms with Crippen LogP contribution in [0.4, 0.5) is 5.69 Å².